The highest BCUT2D eigenvalue weighted by molar-refractivity contribution is 7.89. The van der Waals surface area contributed by atoms with Crippen molar-refractivity contribution in [3.63, 3.8) is 0 Å². The van der Waals surface area contributed by atoms with Gasteiger partial charge in [-0.2, -0.15) is 0 Å². The molecule has 0 spiro atoms. The van der Waals surface area contributed by atoms with Gasteiger partial charge in [-0.15, -0.1) is 0 Å². The van der Waals surface area contributed by atoms with Gasteiger partial charge in [0.15, 0.2) is 0 Å². The van der Waals surface area contributed by atoms with E-state index in [-0.39, 0.29) is 22.8 Å². The summed E-state index contributed by atoms with van der Waals surface area (Å²) < 4.78 is 29.5. The van der Waals surface area contributed by atoms with Gasteiger partial charge >= 0.3 is 0 Å². The van der Waals surface area contributed by atoms with Crippen molar-refractivity contribution in [1.29, 1.82) is 0 Å². The van der Waals surface area contributed by atoms with Gasteiger partial charge in [0.05, 0.1) is 23.1 Å². The number of ether oxygens (including phenoxy) is 1. The summed E-state index contributed by atoms with van der Waals surface area (Å²) in [4.78, 5) is 20.3. The van der Waals surface area contributed by atoms with Gasteiger partial charge in [-0.1, -0.05) is 33.1 Å². The molecule has 8 heteroatoms. The fourth-order valence-electron chi connectivity index (χ4n) is 4.66. The Labute approximate surface area is 184 Å². The second-order valence-corrected chi connectivity index (χ2v) is 10.6. The molecule has 31 heavy (non-hydrogen) atoms. The first-order valence-corrected chi connectivity index (χ1v) is 12.7. The topological polar surface area (TPSA) is 103 Å². The van der Waals surface area contributed by atoms with Crippen LogP contribution in [0.1, 0.15) is 67.9 Å². The number of pyridine rings is 1. The molecular weight excluding hydrogens is 414 g/mol. The Balaban J connectivity index is 1.77. The molecule has 2 fully saturated rings. The van der Waals surface area contributed by atoms with Gasteiger partial charge in [-0.05, 0) is 54.5 Å². The summed E-state index contributed by atoms with van der Waals surface area (Å²) in [5.74, 6) is 0.520. The molecule has 1 saturated heterocycles. The van der Waals surface area contributed by atoms with Crippen LogP contribution in [0.3, 0.4) is 0 Å². The van der Waals surface area contributed by atoms with E-state index in [0.29, 0.717) is 42.2 Å². The average molecular weight is 446 g/mol. The number of hydrogen-bond donors (Lipinski definition) is 1. The van der Waals surface area contributed by atoms with Crippen LogP contribution >= 0.6 is 0 Å². The molecule has 1 unspecified atom stereocenters. The number of primary sulfonamides is 1. The normalized spacial score (nSPS) is 21.0. The van der Waals surface area contributed by atoms with Gasteiger partial charge in [0.1, 0.15) is 5.69 Å². The van der Waals surface area contributed by atoms with E-state index < -0.39 is 10.0 Å². The Hall–Kier alpha value is -2.03. The van der Waals surface area contributed by atoms with Crippen molar-refractivity contribution in [2.45, 2.75) is 62.9 Å². The highest BCUT2D eigenvalue weighted by Crippen LogP contribution is 2.36. The number of morpholine rings is 1. The van der Waals surface area contributed by atoms with Crippen molar-refractivity contribution in [3.05, 3.63) is 35.5 Å². The molecule has 1 aromatic heterocycles. The predicted molar refractivity (Wildman–Crippen MR) is 119 cm³/mol. The van der Waals surface area contributed by atoms with Crippen LogP contribution in [0, 0.1) is 5.92 Å². The summed E-state index contributed by atoms with van der Waals surface area (Å²) in [7, 11) is -3.81. The number of nitrogens with two attached hydrogens (primary N) is 1. The van der Waals surface area contributed by atoms with E-state index in [9.17, 15) is 13.2 Å². The van der Waals surface area contributed by atoms with Gasteiger partial charge in [0.25, 0.3) is 5.91 Å². The molecule has 1 amide bonds. The lowest BCUT2D eigenvalue weighted by molar-refractivity contribution is -0.0422. The summed E-state index contributed by atoms with van der Waals surface area (Å²) in [6.45, 7) is 5.84. The number of sulfonamides is 1. The van der Waals surface area contributed by atoms with Crippen LogP contribution in [-0.4, -0.2) is 50.0 Å². The standard InChI is InChI=1S/C23H31N3O4S/c1-15(2)21-14-26(10-11-30-21)23(27)22-19(16-6-4-3-5-7-16)13-17-12-18(31(24,28)29)8-9-20(17)25-22/h8-9,12-13,15-16,21H,3-7,10-11,14H2,1-2H3,(H2,24,28,29). The molecule has 7 nitrogen and oxygen atoms in total. The third-order valence-electron chi connectivity index (χ3n) is 6.52. The van der Waals surface area contributed by atoms with Crippen molar-refractivity contribution >= 4 is 26.8 Å². The van der Waals surface area contributed by atoms with E-state index in [2.05, 4.69) is 13.8 Å². The lowest BCUT2D eigenvalue weighted by Crippen LogP contribution is -2.47. The highest BCUT2D eigenvalue weighted by atomic mass is 32.2. The number of fused-ring (bicyclic) bond motifs is 1. The zero-order chi connectivity index (χ0) is 22.2. The van der Waals surface area contributed by atoms with Crippen LogP contribution in [0.25, 0.3) is 10.9 Å². The van der Waals surface area contributed by atoms with Crippen LogP contribution in [0.4, 0.5) is 0 Å². The minimum atomic E-state index is -3.81. The van der Waals surface area contributed by atoms with E-state index in [1.54, 1.807) is 12.1 Å². The van der Waals surface area contributed by atoms with Crippen LogP contribution in [0.2, 0.25) is 0 Å². The first kappa shape index (κ1) is 22.2. The second-order valence-electron chi connectivity index (χ2n) is 9.07. The van der Waals surface area contributed by atoms with Gasteiger partial charge in [-0.25, -0.2) is 18.5 Å². The summed E-state index contributed by atoms with van der Waals surface area (Å²) in [5, 5.41) is 6.02. The average Bonchev–Trinajstić information content (AvgIpc) is 2.77. The van der Waals surface area contributed by atoms with Gasteiger partial charge in [0, 0.05) is 18.5 Å². The molecule has 2 aromatic rings. The lowest BCUT2D eigenvalue weighted by atomic mass is 9.82. The molecule has 1 saturated carbocycles. The van der Waals surface area contributed by atoms with Crippen LogP contribution < -0.4 is 5.14 Å². The largest absolute Gasteiger partial charge is 0.374 e. The molecule has 1 atom stereocenters. The molecule has 1 aliphatic heterocycles. The van der Waals surface area contributed by atoms with Crippen molar-refractivity contribution < 1.29 is 17.9 Å². The van der Waals surface area contributed by atoms with Crippen molar-refractivity contribution in [3.8, 4) is 0 Å². The second kappa shape index (κ2) is 8.84. The maximum atomic E-state index is 13.6. The fraction of sp³-hybridized carbons (Fsp3) is 0.565. The molecule has 0 radical (unpaired) electrons. The van der Waals surface area contributed by atoms with Crippen LogP contribution in [0.5, 0.6) is 0 Å². The number of carbonyl (C=O) groups is 1. The molecule has 1 aromatic carbocycles. The van der Waals surface area contributed by atoms with Crippen molar-refractivity contribution in [1.82, 2.24) is 9.88 Å². The smallest absolute Gasteiger partial charge is 0.272 e. The first-order chi connectivity index (χ1) is 14.7. The SMILES string of the molecule is CC(C)C1CN(C(=O)c2nc3ccc(S(N)(=O)=O)cc3cc2C2CCCCC2)CCO1. The summed E-state index contributed by atoms with van der Waals surface area (Å²) in [5.41, 5.74) is 2.02. The number of benzene rings is 1. The number of amides is 1. The maximum absolute atomic E-state index is 13.6. The van der Waals surface area contributed by atoms with Crippen molar-refractivity contribution in [2.24, 2.45) is 11.1 Å². The van der Waals surface area contributed by atoms with E-state index in [1.807, 2.05) is 11.0 Å². The summed E-state index contributed by atoms with van der Waals surface area (Å²) in [6, 6.07) is 6.60. The molecule has 4 rings (SSSR count). The maximum Gasteiger partial charge on any atom is 0.272 e. The Morgan fingerprint density at radius 2 is 1.94 bits per heavy atom. The molecule has 168 valence electrons. The molecule has 2 aliphatic rings. The van der Waals surface area contributed by atoms with E-state index in [1.165, 1.54) is 12.5 Å². The molecule has 0 bridgehead atoms. The molecule has 2 N–H and O–H groups in total. The predicted octanol–water partition coefficient (Wildman–Crippen LogP) is 3.43. The monoisotopic (exact) mass is 445 g/mol. The number of rotatable bonds is 4. The van der Waals surface area contributed by atoms with E-state index in [4.69, 9.17) is 14.9 Å². The summed E-state index contributed by atoms with van der Waals surface area (Å²) in [6.07, 6.45) is 5.51. The van der Waals surface area contributed by atoms with Crippen LogP contribution in [0.15, 0.2) is 29.2 Å². The number of carbonyl (C=O) groups excluding carboxylic acids is 1. The lowest BCUT2D eigenvalue weighted by Gasteiger charge is -2.35. The number of nitrogens with zero attached hydrogens (tertiary/aromatic N) is 2. The van der Waals surface area contributed by atoms with Gasteiger partial charge in [-0.3, -0.25) is 4.79 Å². The quantitative estimate of drug-likeness (QED) is 0.777. The molecule has 1 aliphatic carbocycles. The summed E-state index contributed by atoms with van der Waals surface area (Å²) >= 11 is 0. The Morgan fingerprint density at radius 3 is 2.61 bits per heavy atom. The van der Waals surface area contributed by atoms with Gasteiger partial charge in [0.2, 0.25) is 10.0 Å². The zero-order valence-electron chi connectivity index (χ0n) is 18.2. The van der Waals surface area contributed by atoms with E-state index in [0.717, 1.165) is 31.2 Å². The zero-order valence-corrected chi connectivity index (χ0v) is 19.0. The van der Waals surface area contributed by atoms with Crippen LogP contribution in [-0.2, 0) is 14.8 Å². The Morgan fingerprint density at radius 1 is 1.19 bits per heavy atom. The third kappa shape index (κ3) is 4.76. The van der Waals surface area contributed by atoms with Gasteiger partial charge < -0.3 is 9.64 Å². The first-order valence-electron chi connectivity index (χ1n) is 11.1. The number of hydrogen-bond acceptors (Lipinski definition) is 5. The fourth-order valence-corrected chi connectivity index (χ4v) is 5.21. The highest BCUT2D eigenvalue weighted by Gasteiger charge is 2.31. The minimum Gasteiger partial charge on any atom is -0.374 e. The van der Waals surface area contributed by atoms with E-state index >= 15 is 0 Å². The Kier molecular flexibility index (Phi) is 6.32. The third-order valence-corrected chi connectivity index (χ3v) is 7.43. The number of aromatic nitrogens is 1. The Bertz CT molecular complexity index is 1080. The van der Waals surface area contributed by atoms with Crippen molar-refractivity contribution in [2.75, 3.05) is 19.7 Å². The minimum absolute atomic E-state index is 0.0219. The molecular formula is C23H31N3O4S. The molecule has 2 heterocycles.